The molecule has 5 nitrogen and oxygen atoms in total. The maximum absolute atomic E-state index is 13.6. The summed E-state index contributed by atoms with van der Waals surface area (Å²) >= 11 is 0.943. The Kier molecular flexibility index (Phi) is 8.59. The lowest BCUT2D eigenvalue weighted by Crippen LogP contribution is -2.34. The summed E-state index contributed by atoms with van der Waals surface area (Å²) in [5.74, 6) is -1.29. The number of hydrogen-bond acceptors (Lipinski definition) is 6. The Morgan fingerprint density at radius 1 is 1.39 bits per heavy atom. The number of hydrazine groups is 1. The van der Waals surface area contributed by atoms with Crippen LogP contribution < -0.4 is 20.7 Å². The van der Waals surface area contributed by atoms with Crippen LogP contribution in [-0.4, -0.2) is 30.5 Å². The zero-order chi connectivity index (χ0) is 20.7. The number of nitrogens with two attached hydrogens (primary N) is 1. The van der Waals surface area contributed by atoms with E-state index >= 15 is 0 Å². The molecule has 0 amide bonds. The fourth-order valence-corrected chi connectivity index (χ4v) is 3.39. The van der Waals surface area contributed by atoms with E-state index in [2.05, 4.69) is 24.6 Å². The fraction of sp³-hybridized carbons (Fsp3) is 0.500. The van der Waals surface area contributed by atoms with E-state index in [1.807, 2.05) is 31.3 Å². The molecule has 1 saturated carbocycles. The number of nitrogens with one attached hydrogen (secondary N) is 2. The first-order valence-corrected chi connectivity index (χ1v) is 10.4. The topological polar surface area (TPSA) is 62.6 Å². The molecule has 2 aliphatic rings. The highest BCUT2D eigenvalue weighted by atomic mass is 32.2. The van der Waals surface area contributed by atoms with Gasteiger partial charge in [0.1, 0.15) is 5.37 Å². The minimum atomic E-state index is -0.728. The molecule has 28 heavy (non-hydrogen) atoms. The van der Waals surface area contributed by atoms with Gasteiger partial charge in [0.05, 0.1) is 23.4 Å². The Balaban J connectivity index is 0.000000878. The predicted molar refractivity (Wildman–Crippen MR) is 111 cm³/mol. The normalized spacial score (nSPS) is 20.2. The Labute approximate surface area is 170 Å². The van der Waals surface area contributed by atoms with Crippen LogP contribution in [0.1, 0.15) is 33.1 Å². The van der Waals surface area contributed by atoms with Gasteiger partial charge in [-0.05, 0) is 43.0 Å². The molecule has 4 N–H and O–H groups in total. The van der Waals surface area contributed by atoms with Crippen LogP contribution in [0.15, 0.2) is 41.7 Å². The largest absolute Gasteiger partial charge is 0.418 e. The van der Waals surface area contributed by atoms with Crippen LogP contribution in [0.25, 0.3) is 0 Å². The first-order chi connectivity index (χ1) is 13.4. The van der Waals surface area contributed by atoms with Gasteiger partial charge in [-0.1, -0.05) is 26.3 Å². The standard InChI is InChI=1S/C17H22F2N4OS.C3H8/c1-21-14(8-13(20)10-6-7-10)15-9-16(22-23(15)2)25-24-17-11(18)4-3-5-12(17)19;1-3-2/h3-5,8-10,13,16,21-22H,6-7,20H2,1-2H3;3H2,1-2H3/b14-8-;. The number of para-hydroxylation sites is 1. The molecular formula is C20H30F2N4OS. The van der Waals surface area contributed by atoms with Crippen molar-refractivity contribution in [2.45, 2.75) is 44.5 Å². The molecule has 1 aromatic carbocycles. The molecule has 0 saturated heterocycles. The molecule has 0 radical (unpaired) electrons. The van der Waals surface area contributed by atoms with Crippen LogP contribution in [0.3, 0.4) is 0 Å². The summed E-state index contributed by atoms with van der Waals surface area (Å²) in [5.41, 5.74) is 11.2. The minimum Gasteiger partial charge on any atom is -0.418 e. The Hall–Kier alpha value is -1.77. The molecule has 1 fully saturated rings. The average Bonchev–Trinajstić information content (AvgIpc) is 3.43. The van der Waals surface area contributed by atoms with Gasteiger partial charge in [0.15, 0.2) is 11.6 Å². The maximum atomic E-state index is 13.6. The van der Waals surface area contributed by atoms with E-state index in [1.165, 1.54) is 25.3 Å². The van der Waals surface area contributed by atoms with Crippen molar-refractivity contribution >= 4 is 12.0 Å². The highest BCUT2D eigenvalue weighted by molar-refractivity contribution is 7.95. The third-order valence-electron chi connectivity index (χ3n) is 4.22. The van der Waals surface area contributed by atoms with E-state index in [0.717, 1.165) is 35.6 Å². The lowest BCUT2D eigenvalue weighted by molar-refractivity contribution is 0.336. The maximum Gasteiger partial charge on any atom is 0.208 e. The van der Waals surface area contributed by atoms with Gasteiger partial charge in [0.25, 0.3) is 0 Å². The summed E-state index contributed by atoms with van der Waals surface area (Å²) in [6.45, 7) is 4.25. The molecule has 1 aromatic rings. The quantitative estimate of drug-likeness (QED) is 0.591. The SMILES string of the molecule is CCC.CN/C(=C\C(N)C1CC1)C1=CC(SOc2c(F)cccc2F)NN1C. The van der Waals surface area contributed by atoms with Gasteiger partial charge in [0, 0.05) is 20.1 Å². The molecule has 3 rings (SSSR count). The van der Waals surface area contributed by atoms with E-state index < -0.39 is 11.6 Å². The first kappa shape index (κ1) is 22.5. The molecule has 0 bridgehead atoms. The lowest BCUT2D eigenvalue weighted by Gasteiger charge is -2.21. The number of halogens is 2. The van der Waals surface area contributed by atoms with Crippen LogP contribution in [0, 0.1) is 17.6 Å². The second-order valence-corrected chi connectivity index (χ2v) is 7.71. The van der Waals surface area contributed by atoms with Crippen molar-refractivity contribution in [3.63, 3.8) is 0 Å². The molecular weight excluding hydrogens is 382 g/mol. The van der Waals surface area contributed by atoms with Crippen LogP contribution in [-0.2, 0) is 0 Å². The van der Waals surface area contributed by atoms with Crippen molar-refractivity contribution in [2.24, 2.45) is 11.7 Å². The summed E-state index contributed by atoms with van der Waals surface area (Å²) in [5, 5.41) is 4.71. The van der Waals surface area contributed by atoms with Gasteiger partial charge in [0.2, 0.25) is 5.75 Å². The van der Waals surface area contributed by atoms with Crippen molar-refractivity contribution in [1.82, 2.24) is 15.8 Å². The minimum absolute atomic E-state index is 0.0206. The molecule has 0 spiro atoms. The molecule has 2 atom stereocenters. The second-order valence-electron chi connectivity index (χ2n) is 6.84. The Bertz CT molecular complexity index is 689. The Morgan fingerprint density at radius 2 is 2.00 bits per heavy atom. The molecule has 2 unspecified atom stereocenters. The van der Waals surface area contributed by atoms with Crippen molar-refractivity contribution in [3.05, 3.63) is 53.4 Å². The summed E-state index contributed by atoms with van der Waals surface area (Å²) in [6, 6.07) is 3.65. The van der Waals surface area contributed by atoms with Crippen molar-refractivity contribution in [3.8, 4) is 5.75 Å². The summed E-state index contributed by atoms with van der Waals surface area (Å²) in [7, 11) is 3.70. The van der Waals surface area contributed by atoms with Crippen molar-refractivity contribution < 1.29 is 13.0 Å². The molecule has 1 aliphatic heterocycles. The smallest absolute Gasteiger partial charge is 0.208 e. The monoisotopic (exact) mass is 412 g/mol. The van der Waals surface area contributed by atoms with Crippen molar-refractivity contribution in [2.75, 3.05) is 14.1 Å². The van der Waals surface area contributed by atoms with Gasteiger partial charge >= 0.3 is 0 Å². The van der Waals surface area contributed by atoms with Crippen LogP contribution in [0.5, 0.6) is 5.75 Å². The highest BCUT2D eigenvalue weighted by Crippen LogP contribution is 2.33. The number of hydrogen-bond donors (Lipinski definition) is 3. The van der Waals surface area contributed by atoms with Gasteiger partial charge in [-0.15, -0.1) is 0 Å². The van der Waals surface area contributed by atoms with Crippen LogP contribution in [0.4, 0.5) is 8.78 Å². The molecule has 156 valence electrons. The van der Waals surface area contributed by atoms with E-state index in [4.69, 9.17) is 9.92 Å². The van der Waals surface area contributed by atoms with Crippen molar-refractivity contribution in [1.29, 1.82) is 0 Å². The average molecular weight is 413 g/mol. The third kappa shape index (κ3) is 6.12. The van der Waals surface area contributed by atoms with E-state index in [9.17, 15) is 8.78 Å². The summed E-state index contributed by atoms with van der Waals surface area (Å²) in [6.07, 6.45) is 7.53. The zero-order valence-electron chi connectivity index (χ0n) is 16.8. The fourth-order valence-electron chi connectivity index (χ4n) is 2.64. The van der Waals surface area contributed by atoms with E-state index in [-0.39, 0.29) is 17.2 Å². The summed E-state index contributed by atoms with van der Waals surface area (Å²) in [4.78, 5) is 0. The van der Waals surface area contributed by atoms with Gasteiger partial charge in [-0.3, -0.25) is 0 Å². The van der Waals surface area contributed by atoms with Gasteiger partial charge < -0.3 is 20.2 Å². The van der Waals surface area contributed by atoms with Gasteiger partial charge in [-0.2, -0.15) is 0 Å². The lowest BCUT2D eigenvalue weighted by atomic mass is 10.1. The number of benzene rings is 1. The third-order valence-corrected chi connectivity index (χ3v) is 4.93. The molecule has 0 aromatic heterocycles. The number of likely N-dealkylation sites (N-methyl/N-ethyl adjacent to an activating group) is 2. The molecule has 8 heteroatoms. The Morgan fingerprint density at radius 3 is 2.54 bits per heavy atom. The van der Waals surface area contributed by atoms with Gasteiger partial charge in [-0.25, -0.2) is 14.2 Å². The van der Waals surface area contributed by atoms with Crippen LogP contribution in [0.2, 0.25) is 0 Å². The van der Waals surface area contributed by atoms with E-state index in [0.29, 0.717) is 5.92 Å². The molecule has 1 aliphatic carbocycles. The zero-order valence-corrected chi connectivity index (χ0v) is 17.7. The number of nitrogens with zero attached hydrogens (tertiary/aromatic N) is 1. The van der Waals surface area contributed by atoms with E-state index in [1.54, 1.807) is 0 Å². The summed E-state index contributed by atoms with van der Waals surface area (Å²) < 4.78 is 32.5. The number of rotatable bonds is 7. The first-order valence-electron chi connectivity index (χ1n) is 9.55. The van der Waals surface area contributed by atoms with Crippen LogP contribution >= 0.6 is 12.0 Å². The predicted octanol–water partition coefficient (Wildman–Crippen LogP) is 3.91. The molecule has 1 heterocycles. The second kappa shape index (κ2) is 10.7. The highest BCUT2D eigenvalue weighted by Gasteiger charge is 2.29.